The number of carboxylic acids is 1. The number of aromatic nitrogens is 4. The molecule has 0 fully saturated rings. The molecule has 0 atom stereocenters. The SMILES string of the molecule is COc1ccc(Cc2nnnn2CCC(=O)O)cc1OC. The summed E-state index contributed by atoms with van der Waals surface area (Å²) in [5, 5.41) is 20.0. The van der Waals surface area contributed by atoms with Gasteiger partial charge in [-0.25, -0.2) is 4.68 Å². The Bertz CT molecular complexity index is 626. The molecule has 1 aromatic heterocycles. The van der Waals surface area contributed by atoms with Crippen molar-refractivity contribution in [1.82, 2.24) is 20.2 Å². The number of methoxy groups -OCH3 is 2. The molecule has 0 aliphatic carbocycles. The first-order valence-corrected chi connectivity index (χ1v) is 6.31. The van der Waals surface area contributed by atoms with Gasteiger partial charge in [-0.15, -0.1) is 5.10 Å². The molecule has 112 valence electrons. The molecule has 0 amide bonds. The number of aliphatic carboxylic acids is 1. The highest BCUT2D eigenvalue weighted by atomic mass is 16.5. The fraction of sp³-hybridized carbons (Fsp3) is 0.385. The van der Waals surface area contributed by atoms with E-state index < -0.39 is 5.97 Å². The molecule has 2 aromatic rings. The van der Waals surface area contributed by atoms with E-state index in [0.29, 0.717) is 23.7 Å². The van der Waals surface area contributed by atoms with E-state index >= 15 is 0 Å². The van der Waals surface area contributed by atoms with Gasteiger partial charge in [0, 0.05) is 6.42 Å². The predicted molar refractivity (Wildman–Crippen MR) is 72.4 cm³/mol. The van der Waals surface area contributed by atoms with Crippen LogP contribution < -0.4 is 9.47 Å². The third-order valence-corrected chi connectivity index (χ3v) is 2.95. The molecule has 0 spiro atoms. The van der Waals surface area contributed by atoms with Crippen molar-refractivity contribution in [1.29, 1.82) is 0 Å². The lowest BCUT2D eigenvalue weighted by atomic mass is 10.1. The minimum Gasteiger partial charge on any atom is -0.493 e. The largest absolute Gasteiger partial charge is 0.493 e. The van der Waals surface area contributed by atoms with Gasteiger partial charge >= 0.3 is 5.97 Å². The molecule has 0 bridgehead atoms. The zero-order valence-corrected chi connectivity index (χ0v) is 11.8. The maximum atomic E-state index is 10.6. The van der Waals surface area contributed by atoms with Crippen LogP contribution in [0.4, 0.5) is 0 Å². The average Bonchev–Trinajstić information content (AvgIpc) is 2.92. The average molecular weight is 292 g/mol. The third-order valence-electron chi connectivity index (χ3n) is 2.95. The molecule has 1 heterocycles. The monoisotopic (exact) mass is 292 g/mol. The second-order valence-electron chi connectivity index (χ2n) is 4.33. The summed E-state index contributed by atoms with van der Waals surface area (Å²) in [5.74, 6) is 0.984. The van der Waals surface area contributed by atoms with Crippen molar-refractivity contribution < 1.29 is 19.4 Å². The van der Waals surface area contributed by atoms with Gasteiger partial charge in [-0.3, -0.25) is 4.79 Å². The molecule has 0 unspecified atom stereocenters. The highest BCUT2D eigenvalue weighted by Gasteiger charge is 2.11. The van der Waals surface area contributed by atoms with Gasteiger partial charge in [0.05, 0.1) is 27.2 Å². The number of benzene rings is 1. The summed E-state index contributed by atoms with van der Waals surface area (Å²) < 4.78 is 11.9. The van der Waals surface area contributed by atoms with Crippen molar-refractivity contribution in [3.05, 3.63) is 29.6 Å². The molecule has 21 heavy (non-hydrogen) atoms. The summed E-state index contributed by atoms with van der Waals surface area (Å²) in [7, 11) is 3.14. The van der Waals surface area contributed by atoms with Gasteiger partial charge in [0.25, 0.3) is 0 Å². The van der Waals surface area contributed by atoms with Crippen LogP contribution in [0.3, 0.4) is 0 Å². The first-order chi connectivity index (χ1) is 10.1. The van der Waals surface area contributed by atoms with Crippen LogP contribution in [0.5, 0.6) is 11.5 Å². The van der Waals surface area contributed by atoms with Gasteiger partial charge in [-0.1, -0.05) is 6.07 Å². The Kier molecular flexibility index (Phi) is 4.70. The summed E-state index contributed by atoms with van der Waals surface area (Å²) in [6.07, 6.45) is 0.455. The predicted octanol–water partition coefficient (Wildman–Crippen LogP) is 0.756. The van der Waals surface area contributed by atoms with Crippen molar-refractivity contribution in [3.8, 4) is 11.5 Å². The summed E-state index contributed by atoms with van der Waals surface area (Å²) >= 11 is 0. The number of carboxylic acid groups (broad SMARTS) is 1. The first kappa shape index (κ1) is 14.8. The molecular formula is C13H16N4O4. The van der Waals surface area contributed by atoms with E-state index in [9.17, 15) is 4.79 Å². The molecule has 0 saturated heterocycles. The van der Waals surface area contributed by atoms with E-state index in [1.165, 1.54) is 4.68 Å². The third kappa shape index (κ3) is 3.68. The van der Waals surface area contributed by atoms with Crippen molar-refractivity contribution in [2.24, 2.45) is 0 Å². The van der Waals surface area contributed by atoms with Crippen molar-refractivity contribution in [3.63, 3.8) is 0 Å². The molecule has 1 aromatic carbocycles. The van der Waals surface area contributed by atoms with E-state index in [4.69, 9.17) is 14.6 Å². The topological polar surface area (TPSA) is 99.4 Å². The number of carbonyl (C=O) groups is 1. The number of ether oxygens (including phenoxy) is 2. The first-order valence-electron chi connectivity index (χ1n) is 6.31. The minimum absolute atomic E-state index is 0.0238. The van der Waals surface area contributed by atoms with Gasteiger partial charge in [-0.05, 0) is 28.1 Å². The Balaban J connectivity index is 2.15. The van der Waals surface area contributed by atoms with Gasteiger partial charge in [0.15, 0.2) is 17.3 Å². The molecule has 0 aliphatic heterocycles. The van der Waals surface area contributed by atoms with Crippen LogP contribution in [0, 0.1) is 0 Å². The Labute approximate surface area is 121 Å². The van der Waals surface area contributed by atoms with Crippen LogP contribution >= 0.6 is 0 Å². The van der Waals surface area contributed by atoms with Crippen LogP contribution in [0.2, 0.25) is 0 Å². The fourth-order valence-electron chi connectivity index (χ4n) is 1.90. The zero-order valence-electron chi connectivity index (χ0n) is 11.8. The quantitative estimate of drug-likeness (QED) is 0.804. The normalized spacial score (nSPS) is 10.4. The fourth-order valence-corrected chi connectivity index (χ4v) is 1.90. The Hall–Kier alpha value is -2.64. The molecule has 0 radical (unpaired) electrons. The molecule has 0 saturated carbocycles. The lowest BCUT2D eigenvalue weighted by Crippen LogP contribution is -2.10. The number of aryl methyl sites for hydroxylation is 1. The lowest BCUT2D eigenvalue weighted by molar-refractivity contribution is -0.137. The van der Waals surface area contributed by atoms with Crippen molar-refractivity contribution >= 4 is 5.97 Å². The number of hydrogen-bond donors (Lipinski definition) is 1. The van der Waals surface area contributed by atoms with Gasteiger partial charge < -0.3 is 14.6 Å². The summed E-state index contributed by atoms with van der Waals surface area (Å²) in [5.41, 5.74) is 0.944. The van der Waals surface area contributed by atoms with E-state index in [1.807, 2.05) is 12.1 Å². The van der Waals surface area contributed by atoms with Crippen molar-refractivity contribution in [2.45, 2.75) is 19.4 Å². The number of tetrazole rings is 1. The number of nitrogens with zero attached hydrogens (tertiary/aromatic N) is 4. The standard InChI is InChI=1S/C13H16N4O4/c1-20-10-4-3-9(7-11(10)21-2)8-12-14-15-16-17(12)6-5-13(18)19/h3-4,7H,5-6,8H2,1-2H3,(H,18,19). The van der Waals surface area contributed by atoms with Gasteiger partial charge in [0.1, 0.15) is 0 Å². The van der Waals surface area contributed by atoms with E-state index in [0.717, 1.165) is 5.56 Å². The Morgan fingerprint density at radius 1 is 1.29 bits per heavy atom. The smallest absolute Gasteiger partial charge is 0.305 e. The highest BCUT2D eigenvalue weighted by Crippen LogP contribution is 2.28. The van der Waals surface area contributed by atoms with Crippen LogP contribution in [-0.4, -0.2) is 45.5 Å². The Morgan fingerprint density at radius 2 is 2.05 bits per heavy atom. The molecule has 8 nitrogen and oxygen atoms in total. The van der Waals surface area contributed by atoms with Crippen LogP contribution in [0.1, 0.15) is 17.8 Å². The molecule has 2 rings (SSSR count). The van der Waals surface area contributed by atoms with Crippen LogP contribution in [0.25, 0.3) is 0 Å². The Morgan fingerprint density at radius 3 is 2.71 bits per heavy atom. The summed E-state index contributed by atoms with van der Waals surface area (Å²) in [6, 6.07) is 5.53. The van der Waals surface area contributed by atoms with Crippen LogP contribution in [0.15, 0.2) is 18.2 Å². The minimum atomic E-state index is -0.887. The summed E-state index contributed by atoms with van der Waals surface area (Å²) in [4.78, 5) is 10.6. The van der Waals surface area contributed by atoms with E-state index in [-0.39, 0.29) is 13.0 Å². The maximum Gasteiger partial charge on any atom is 0.305 e. The number of hydrogen-bond acceptors (Lipinski definition) is 6. The molecule has 0 aliphatic rings. The second kappa shape index (κ2) is 6.69. The zero-order chi connectivity index (χ0) is 15.2. The lowest BCUT2D eigenvalue weighted by Gasteiger charge is -2.09. The number of rotatable bonds is 7. The molecule has 8 heteroatoms. The second-order valence-corrected chi connectivity index (χ2v) is 4.33. The molecular weight excluding hydrogens is 276 g/mol. The van der Waals surface area contributed by atoms with Crippen molar-refractivity contribution in [2.75, 3.05) is 14.2 Å². The summed E-state index contributed by atoms with van der Waals surface area (Å²) in [6.45, 7) is 0.241. The van der Waals surface area contributed by atoms with E-state index in [1.54, 1.807) is 20.3 Å². The van der Waals surface area contributed by atoms with E-state index in [2.05, 4.69) is 15.5 Å². The van der Waals surface area contributed by atoms with Gasteiger partial charge in [0.2, 0.25) is 0 Å². The highest BCUT2D eigenvalue weighted by molar-refractivity contribution is 5.66. The van der Waals surface area contributed by atoms with Gasteiger partial charge in [-0.2, -0.15) is 0 Å². The molecule has 1 N–H and O–H groups in total. The van der Waals surface area contributed by atoms with Crippen LogP contribution in [-0.2, 0) is 17.8 Å². The maximum absolute atomic E-state index is 10.6.